The molecule has 0 bridgehead atoms. The minimum Gasteiger partial charge on any atom is -0.593 e. The molecule has 1 aliphatic rings. The van der Waals surface area contributed by atoms with Crippen molar-refractivity contribution >= 4 is 19.0 Å². The normalized spacial score (nSPS) is 23.3. The lowest BCUT2D eigenvalue weighted by Gasteiger charge is -2.10. The lowest BCUT2D eigenvalue weighted by atomic mass is 10.2. The van der Waals surface area contributed by atoms with E-state index in [4.69, 9.17) is 0 Å². The molecule has 0 atom stereocenters. The van der Waals surface area contributed by atoms with E-state index in [0.717, 1.165) is 0 Å². The van der Waals surface area contributed by atoms with Crippen molar-refractivity contribution in [1.29, 1.82) is 0 Å². The molecule has 0 saturated carbocycles. The Balaban J connectivity index is 2.76. The maximum atomic E-state index is 11.6. The summed E-state index contributed by atoms with van der Waals surface area (Å²) >= 11 is 0. The van der Waals surface area contributed by atoms with E-state index < -0.39 is 19.0 Å². The first-order valence-corrected chi connectivity index (χ1v) is 1.97. The molecule has 0 aromatic rings. The highest BCUT2D eigenvalue weighted by Gasteiger charge is 2.46. The number of carbonyl (C=O) groups is 2. The first-order chi connectivity index (χ1) is 4.01. The van der Waals surface area contributed by atoms with Crippen LogP contribution in [0.1, 0.15) is 0 Å². The molecule has 1 heterocycles. The lowest BCUT2D eigenvalue weighted by Crippen LogP contribution is -2.24. The van der Waals surface area contributed by atoms with Crippen molar-refractivity contribution in [2.75, 3.05) is 0 Å². The summed E-state index contributed by atoms with van der Waals surface area (Å²) in [6, 6.07) is 0. The maximum absolute atomic E-state index is 11.6. The topological polar surface area (TPSA) is 52.6 Å². The fraction of sp³-hybridized carbons (Fsp3) is 0. The third kappa shape index (κ3) is 0.982. The predicted octanol–water partition coefficient (Wildman–Crippen LogP) is -0.539. The molecular formula is C2BF2O4-. The average Bonchev–Trinajstić information content (AvgIpc) is 1.79. The lowest BCUT2D eigenvalue weighted by molar-refractivity contribution is -0.150. The minimum absolute atomic E-state index is 1.64. The number of hydrogen-bond donors (Lipinski definition) is 0. The van der Waals surface area contributed by atoms with Crippen LogP contribution in [0, 0.1) is 0 Å². The summed E-state index contributed by atoms with van der Waals surface area (Å²) in [7, 11) is -4.65. The Bertz CT molecular complexity index is 159. The van der Waals surface area contributed by atoms with Gasteiger partial charge in [0.05, 0.1) is 0 Å². The van der Waals surface area contributed by atoms with Crippen molar-refractivity contribution < 1.29 is 27.5 Å². The van der Waals surface area contributed by atoms with Gasteiger partial charge in [-0.2, -0.15) is 0 Å². The molecule has 0 spiro atoms. The molecule has 1 saturated heterocycles. The monoisotopic (exact) mass is 137 g/mol. The number of carbonyl (C=O) groups excluding carboxylic acids is 2. The van der Waals surface area contributed by atoms with Crippen LogP contribution in [0.25, 0.3) is 0 Å². The van der Waals surface area contributed by atoms with Gasteiger partial charge >= 0.3 is 19.0 Å². The first-order valence-electron chi connectivity index (χ1n) is 1.97. The van der Waals surface area contributed by atoms with Gasteiger partial charge in [-0.1, -0.05) is 0 Å². The SMILES string of the molecule is O=C1O[B-](F)(F)OC1=O. The number of halogens is 2. The van der Waals surface area contributed by atoms with Crippen LogP contribution in [0.15, 0.2) is 0 Å². The van der Waals surface area contributed by atoms with Gasteiger partial charge in [0.25, 0.3) is 0 Å². The highest BCUT2D eigenvalue weighted by molar-refractivity contribution is 6.65. The Morgan fingerprint density at radius 2 is 1.44 bits per heavy atom. The molecule has 7 heteroatoms. The summed E-state index contributed by atoms with van der Waals surface area (Å²) in [5.74, 6) is -3.28. The van der Waals surface area contributed by atoms with Gasteiger partial charge in [-0.15, -0.1) is 0 Å². The molecule has 0 N–H and O–H groups in total. The fourth-order valence-corrected chi connectivity index (χ4v) is 0.370. The fourth-order valence-electron chi connectivity index (χ4n) is 0.370. The second-order valence-corrected chi connectivity index (χ2v) is 1.35. The van der Waals surface area contributed by atoms with Crippen LogP contribution in [0.5, 0.6) is 0 Å². The Labute approximate surface area is 47.8 Å². The zero-order valence-electron chi connectivity index (χ0n) is 3.97. The van der Waals surface area contributed by atoms with E-state index in [-0.39, 0.29) is 0 Å². The molecule has 1 aliphatic heterocycles. The summed E-state index contributed by atoms with van der Waals surface area (Å²) in [6.45, 7) is 0. The minimum atomic E-state index is -4.65. The molecule has 0 aromatic carbocycles. The second-order valence-electron chi connectivity index (χ2n) is 1.35. The van der Waals surface area contributed by atoms with E-state index in [0.29, 0.717) is 0 Å². The van der Waals surface area contributed by atoms with Gasteiger partial charge in [0, 0.05) is 0 Å². The van der Waals surface area contributed by atoms with Gasteiger partial charge in [0.15, 0.2) is 0 Å². The molecule has 0 radical (unpaired) electrons. The molecular weight excluding hydrogens is 137 g/mol. The Morgan fingerprint density at radius 1 is 1.11 bits per heavy atom. The molecule has 4 nitrogen and oxygen atoms in total. The first kappa shape index (κ1) is 5.99. The van der Waals surface area contributed by atoms with Crippen molar-refractivity contribution in [3.05, 3.63) is 0 Å². The molecule has 0 aromatic heterocycles. The van der Waals surface area contributed by atoms with E-state index in [9.17, 15) is 18.2 Å². The Kier molecular flexibility index (Phi) is 0.950. The molecule has 9 heavy (non-hydrogen) atoms. The van der Waals surface area contributed by atoms with Crippen LogP contribution in [0.2, 0.25) is 0 Å². The van der Waals surface area contributed by atoms with Crippen molar-refractivity contribution in [3.63, 3.8) is 0 Å². The van der Waals surface area contributed by atoms with Crippen LogP contribution in [0.4, 0.5) is 8.63 Å². The van der Waals surface area contributed by atoms with Gasteiger partial charge in [-0.05, 0) is 0 Å². The molecule has 1 rings (SSSR count). The average molecular weight is 137 g/mol. The summed E-state index contributed by atoms with van der Waals surface area (Å²) < 4.78 is 29.6. The summed E-state index contributed by atoms with van der Waals surface area (Å²) in [5, 5.41) is 0. The molecule has 1 fully saturated rings. The van der Waals surface area contributed by atoms with Crippen LogP contribution in [0.3, 0.4) is 0 Å². The Hall–Kier alpha value is -1.14. The third-order valence-electron chi connectivity index (χ3n) is 0.655. The van der Waals surface area contributed by atoms with Crippen LogP contribution in [-0.4, -0.2) is 19.0 Å². The molecule has 0 amide bonds. The van der Waals surface area contributed by atoms with Gasteiger partial charge < -0.3 is 17.9 Å². The Morgan fingerprint density at radius 3 is 1.56 bits per heavy atom. The predicted molar refractivity (Wildman–Crippen MR) is 20.2 cm³/mol. The number of hydrogen-bond acceptors (Lipinski definition) is 4. The second kappa shape index (κ2) is 1.43. The van der Waals surface area contributed by atoms with Crippen molar-refractivity contribution in [3.8, 4) is 0 Å². The van der Waals surface area contributed by atoms with E-state index >= 15 is 0 Å². The van der Waals surface area contributed by atoms with E-state index in [1.54, 1.807) is 0 Å². The molecule has 0 aliphatic carbocycles. The molecule has 50 valence electrons. The van der Waals surface area contributed by atoms with Crippen molar-refractivity contribution in [2.45, 2.75) is 0 Å². The van der Waals surface area contributed by atoms with Gasteiger partial charge in [0.2, 0.25) is 0 Å². The quantitative estimate of drug-likeness (QED) is 0.332. The van der Waals surface area contributed by atoms with E-state index in [1.165, 1.54) is 0 Å². The summed E-state index contributed by atoms with van der Waals surface area (Å²) in [6.07, 6.45) is 0. The maximum Gasteiger partial charge on any atom is 0.730 e. The number of rotatable bonds is 0. The third-order valence-corrected chi connectivity index (χ3v) is 0.655. The van der Waals surface area contributed by atoms with Gasteiger partial charge in [0.1, 0.15) is 0 Å². The highest BCUT2D eigenvalue weighted by Crippen LogP contribution is 2.17. The van der Waals surface area contributed by atoms with Gasteiger partial charge in [-0.3, -0.25) is 0 Å². The van der Waals surface area contributed by atoms with E-state index in [2.05, 4.69) is 9.31 Å². The standard InChI is InChI=1S/C2BF2O4/c4-3(5)8-1(6)2(7)9-3/q-1. The van der Waals surface area contributed by atoms with Crippen LogP contribution in [-0.2, 0) is 18.9 Å². The van der Waals surface area contributed by atoms with Crippen LogP contribution < -0.4 is 0 Å². The van der Waals surface area contributed by atoms with Gasteiger partial charge in [-0.25, -0.2) is 9.59 Å². The largest absolute Gasteiger partial charge is 0.730 e. The van der Waals surface area contributed by atoms with Crippen molar-refractivity contribution in [1.82, 2.24) is 0 Å². The summed E-state index contributed by atoms with van der Waals surface area (Å²) in [5.41, 5.74) is 0. The zero-order chi connectivity index (χ0) is 7.07. The van der Waals surface area contributed by atoms with E-state index in [1.807, 2.05) is 0 Å². The van der Waals surface area contributed by atoms with Crippen molar-refractivity contribution in [2.24, 2.45) is 0 Å². The van der Waals surface area contributed by atoms with Crippen LogP contribution >= 0.6 is 0 Å². The highest BCUT2D eigenvalue weighted by atomic mass is 19.3. The smallest absolute Gasteiger partial charge is 0.593 e. The molecule has 0 unspecified atom stereocenters. The zero-order valence-corrected chi connectivity index (χ0v) is 3.97. The summed E-state index contributed by atoms with van der Waals surface area (Å²) in [4.78, 5) is 19.7.